The fourth-order valence-corrected chi connectivity index (χ4v) is 14.4. The molecule has 0 amide bonds. The molecule has 6 fully saturated rings. The summed E-state index contributed by atoms with van der Waals surface area (Å²) >= 11 is 0. The first kappa shape index (κ1) is 50.2. The maximum atomic E-state index is 12.1. The number of rotatable bonds is 9. The lowest BCUT2D eigenvalue weighted by Crippen LogP contribution is -2.66. The second-order valence-electron chi connectivity index (χ2n) is 23.3. The Morgan fingerprint density at radius 1 is 0.662 bits per heavy atom. The number of allylic oxidation sites excluding steroid dienone is 3. The lowest BCUT2D eigenvalue weighted by molar-refractivity contribution is -0.373. The second-order valence-corrected chi connectivity index (χ2v) is 23.3. The Morgan fingerprint density at radius 3 is 1.97 bits per heavy atom. The second kappa shape index (κ2) is 17.6. The van der Waals surface area contributed by atoms with E-state index in [0.717, 1.165) is 38.5 Å². The molecular formula is C48H78O17. The van der Waals surface area contributed by atoms with Crippen molar-refractivity contribution in [3.8, 4) is 0 Å². The van der Waals surface area contributed by atoms with Gasteiger partial charge in [0.25, 0.3) is 0 Å². The van der Waals surface area contributed by atoms with Gasteiger partial charge < -0.3 is 84.6 Å². The van der Waals surface area contributed by atoms with Gasteiger partial charge in [0.1, 0.15) is 67.1 Å². The average Bonchev–Trinajstić information content (AvgIpc) is 3.24. The molecule has 8 rings (SSSR count). The summed E-state index contributed by atoms with van der Waals surface area (Å²) in [6.07, 6.45) is -13.2. The fraction of sp³-hybridized carbons (Fsp3) is 0.917. The molecular weight excluding hydrogens is 849 g/mol. The van der Waals surface area contributed by atoms with E-state index in [4.69, 9.17) is 28.4 Å². The highest BCUT2D eigenvalue weighted by atomic mass is 16.8. The minimum atomic E-state index is -1.76. The van der Waals surface area contributed by atoms with Gasteiger partial charge in [-0.15, -0.1) is 0 Å². The summed E-state index contributed by atoms with van der Waals surface area (Å²) in [4.78, 5) is 0. The number of hydrogen-bond acceptors (Lipinski definition) is 17. The van der Waals surface area contributed by atoms with E-state index >= 15 is 0 Å². The molecule has 11 N–H and O–H groups in total. The Bertz CT molecular complexity index is 1790. The Balaban J connectivity index is 1.04. The van der Waals surface area contributed by atoms with E-state index in [2.05, 4.69) is 60.6 Å². The van der Waals surface area contributed by atoms with Crippen LogP contribution in [-0.4, -0.2) is 180 Å². The quantitative estimate of drug-likeness (QED) is 0.141. The molecule has 65 heavy (non-hydrogen) atoms. The van der Waals surface area contributed by atoms with Crippen molar-refractivity contribution in [1.82, 2.24) is 0 Å². The van der Waals surface area contributed by atoms with Crippen LogP contribution in [0.5, 0.6) is 0 Å². The van der Waals surface area contributed by atoms with Crippen LogP contribution < -0.4 is 0 Å². The predicted molar refractivity (Wildman–Crippen MR) is 230 cm³/mol. The van der Waals surface area contributed by atoms with E-state index in [1.165, 1.54) is 18.1 Å². The number of ether oxygens (including phenoxy) is 6. The Hall–Kier alpha value is -1.20. The lowest BCUT2D eigenvalue weighted by atomic mass is 9.35. The van der Waals surface area contributed by atoms with E-state index in [0.29, 0.717) is 12.8 Å². The van der Waals surface area contributed by atoms with Gasteiger partial charge in [0, 0.05) is 10.8 Å². The SMILES string of the molecule is C[C@@H]1O[C@@H](O[C@H]2[C@H](O)[C@@H](O)[C@H](O[C@H]3CC[C@@]4(C)C(CC[C@]5(C)C4C=CC4=C6CC(C)(C)CC[C@]6(CO)[C@H](O)C[C@]45C)C3(C)C)O[C@@H]2CO[C@@H]2O[C@H](CO)[C@@H](O)[C@H](O)[C@H]2O)[C@H](O)[C@H](O)[C@H]1O. The summed E-state index contributed by atoms with van der Waals surface area (Å²) < 4.78 is 36.2. The van der Waals surface area contributed by atoms with Gasteiger partial charge in [-0.25, -0.2) is 0 Å². The van der Waals surface area contributed by atoms with Gasteiger partial charge in [-0.2, -0.15) is 0 Å². The monoisotopic (exact) mass is 927 g/mol. The van der Waals surface area contributed by atoms with Gasteiger partial charge in [0.15, 0.2) is 18.9 Å². The van der Waals surface area contributed by atoms with E-state index in [1.807, 2.05) is 0 Å². The summed E-state index contributed by atoms with van der Waals surface area (Å²) in [6.45, 7) is 16.2. The molecule has 0 spiro atoms. The van der Waals surface area contributed by atoms with Crippen LogP contribution in [0, 0.1) is 44.3 Å². The molecule has 372 valence electrons. The fourth-order valence-electron chi connectivity index (χ4n) is 14.4. The standard InChI is InChI=1S/C48H78O17/c1-22-31(52)33(54)37(58)41(61-22)65-39-26(20-60-40-36(57)34(55)32(53)25(19-49)62-40)63-42(38(59)35(39)56)64-30-12-13-45(6)27(44(30,4)5)11-14-46(7)28(45)10-9-23-24-17-43(2,3)15-16-48(24,21-50)29(51)18-47(23,46)8/h9-10,22,25-42,49-59H,11-21H2,1-8H3/t22-,25+,26+,27?,28?,29+,30-,31-,32+,33+,34-,35+,36+,37+,38+,39+,40+,41-,42-,45-,46+,47+,48+/m0/s1. The van der Waals surface area contributed by atoms with Crippen molar-refractivity contribution in [3.05, 3.63) is 23.3 Å². The van der Waals surface area contributed by atoms with E-state index < -0.39 is 128 Å². The summed E-state index contributed by atoms with van der Waals surface area (Å²) in [7, 11) is 0. The molecule has 2 unspecified atom stereocenters. The normalized spacial score (nSPS) is 54.0. The first-order valence-corrected chi connectivity index (χ1v) is 24.0. The smallest absolute Gasteiger partial charge is 0.187 e. The highest BCUT2D eigenvalue weighted by Crippen LogP contribution is 2.74. The lowest BCUT2D eigenvalue weighted by Gasteiger charge is -2.70. The van der Waals surface area contributed by atoms with Gasteiger partial charge in [0.2, 0.25) is 0 Å². The van der Waals surface area contributed by atoms with Crippen LogP contribution in [0.4, 0.5) is 0 Å². The van der Waals surface area contributed by atoms with Crippen LogP contribution in [-0.2, 0) is 28.4 Å². The van der Waals surface area contributed by atoms with Crippen molar-refractivity contribution in [2.24, 2.45) is 44.3 Å². The molecule has 3 saturated carbocycles. The third kappa shape index (κ3) is 7.87. The number of aliphatic hydroxyl groups excluding tert-OH is 11. The van der Waals surface area contributed by atoms with Gasteiger partial charge in [-0.1, -0.05) is 66.2 Å². The summed E-state index contributed by atoms with van der Waals surface area (Å²) in [6, 6.07) is 0. The summed E-state index contributed by atoms with van der Waals surface area (Å²) in [5.41, 5.74) is 0.777. The number of hydrogen-bond donors (Lipinski definition) is 11. The van der Waals surface area contributed by atoms with Crippen LogP contribution in [0.3, 0.4) is 0 Å². The third-order valence-electron chi connectivity index (χ3n) is 18.8. The highest BCUT2D eigenvalue weighted by molar-refractivity contribution is 5.47. The molecule has 3 heterocycles. The molecule has 3 saturated heterocycles. The Labute approximate surface area is 382 Å². The molecule has 17 nitrogen and oxygen atoms in total. The molecule has 17 heteroatoms. The van der Waals surface area contributed by atoms with Gasteiger partial charge in [-0.3, -0.25) is 0 Å². The van der Waals surface area contributed by atoms with Crippen LogP contribution >= 0.6 is 0 Å². The van der Waals surface area contributed by atoms with Crippen LogP contribution in [0.1, 0.15) is 107 Å². The molecule has 23 atom stereocenters. The van der Waals surface area contributed by atoms with Crippen molar-refractivity contribution in [2.75, 3.05) is 19.8 Å². The average molecular weight is 927 g/mol. The molecule has 5 aliphatic carbocycles. The van der Waals surface area contributed by atoms with Gasteiger partial charge in [-0.05, 0) is 97.4 Å². The maximum Gasteiger partial charge on any atom is 0.187 e. The minimum Gasteiger partial charge on any atom is -0.395 e. The van der Waals surface area contributed by atoms with Crippen molar-refractivity contribution in [1.29, 1.82) is 0 Å². The minimum absolute atomic E-state index is 0.0621. The third-order valence-corrected chi connectivity index (χ3v) is 18.8. The topological polar surface area (TPSA) is 278 Å². The van der Waals surface area contributed by atoms with Crippen LogP contribution in [0.25, 0.3) is 0 Å². The zero-order chi connectivity index (χ0) is 47.6. The van der Waals surface area contributed by atoms with Crippen molar-refractivity contribution in [2.45, 2.75) is 211 Å². The van der Waals surface area contributed by atoms with Crippen molar-refractivity contribution < 1.29 is 84.6 Å². The molecule has 0 aromatic carbocycles. The molecule has 0 aromatic heterocycles. The van der Waals surface area contributed by atoms with Crippen molar-refractivity contribution >= 4 is 0 Å². The largest absolute Gasteiger partial charge is 0.395 e. The van der Waals surface area contributed by atoms with Crippen LogP contribution in [0.2, 0.25) is 0 Å². The first-order valence-electron chi connectivity index (χ1n) is 24.0. The zero-order valence-electron chi connectivity index (χ0n) is 39.3. The first-order chi connectivity index (χ1) is 30.3. The summed E-state index contributed by atoms with van der Waals surface area (Å²) in [5.74, 6) is 0.308. The number of fused-ring (bicyclic) bond motifs is 6. The molecule has 3 aliphatic heterocycles. The van der Waals surface area contributed by atoms with E-state index in [1.54, 1.807) is 0 Å². The van der Waals surface area contributed by atoms with E-state index in [9.17, 15) is 56.2 Å². The van der Waals surface area contributed by atoms with Gasteiger partial charge in [0.05, 0.1) is 38.1 Å². The molecule has 8 aliphatic rings. The molecule has 0 bridgehead atoms. The summed E-state index contributed by atoms with van der Waals surface area (Å²) in [5, 5.41) is 119. The predicted octanol–water partition coefficient (Wildman–Crippen LogP) is 0.532. The Kier molecular flexibility index (Phi) is 13.6. The Morgan fingerprint density at radius 2 is 1.29 bits per heavy atom. The zero-order valence-corrected chi connectivity index (χ0v) is 39.3. The molecule has 0 aromatic rings. The van der Waals surface area contributed by atoms with Crippen LogP contribution in [0.15, 0.2) is 23.3 Å². The number of aliphatic hydroxyl groups is 11. The maximum absolute atomic E-state index is 12.1. The van der Waals surface area contributed by atoms with Gasteiger partial charge >= 0.3 is 0 Å². The van der Waals surface area contributed by atoms with Crippen molar-refractivity contribution in [3.63, 3.8) is 0 Å². The molecule has 0 radical (unpaired) electrons. The highest BCUT2D eigenvalue weighted by Gasteiger charge is 2.68. The van der Waals surface area contributed by atoms with E-state index in [-0.39, 0.29) is 40.1 Å².